The number of nitrogen functional groups attached to an aromatic ring is 1. The predicted molar refractivity (Wildman–Crippen MR) is 109 cm³/mol. The predicted octanol–water partition coefficient (Wildman–Crippen LogP) is 2.05. The molecule has 28 heavy (non-hydrogen) atoms. The fourth-order valence-electron chi connectivity index (χ4n) is 3.36. The van der Waals surface area contributed by atoms with Gasteiger partial charge in [-0.25, -0.2) is 9.97 Å². The van der Waals surface area contributed by atoms with Gasteiger partial charge in [-0.3, -0.25) is 0 Å². The van der Waals surface area contributed by atoms with Gasteiger partial charge in [0.1, 0.15) is 17.8 Å². The molecule has 3 atom stereocenters. The first-order valence-electron chi connectivity index (χ1n) is 9.56. The third-order valence-electron chi connectivity index (χ3n) is 5.35. The van der Waals surface area contributed by atoms with E-state index in [-0.39, 0.29) is 6.42 Å². The first-order chi connectivity index (χ1) is 13.3. The molecule has 0 saturated carbocycles. The van der Waals surface area contributed by atoms with Crippen molar-refractivity contribution in [3.8, 4) is 0 Å². The second-order valence-corrected chi connectivity index (χ2v) is 7.50. The average Bonchev–Trinajstić information content (AvgIpc) is 3.12. The third-order valence-corrected chi connectivity index (χ3v) is 5.35. The number of nitrogens with zero attached hydrogens (tertiary/aromatic N) is 2. The Morgan fingerprint density at radius 2 is 1.89 bits per heavy atom. The number of anilines is 1. The van der Waals surface area contributed by atoms with Crippen LogP contribution in [0, 0.1) is 0 Å². The number of aromatic amines is 1. The van der Waals surface area contributed by atoms with Crippen LogP contribution in [0.5, 0.6) is 0 Å². The van der Waals surface area contributed by atoms with Crippen LogP contribution in [-0.4, -0.2) is 42.5 Å². The number of aliphatic hydroxyl groups excluding tert-OH is 2. The van der Waals surface area contributed by atoms with Gasteiger partial charge in [-0.15, -0.1) is 0 Å². The zero-order valence-corrected chi connectivity index (χ0v) is 16.3. The molecule has 150 valence electrons. The van der Waals surface area contributed by atoms with Crippen LogP contribution < -0.4 is 5.73 Å². The molecule has 2 unspecified atom stereocenters. The van der Waals surface area contributed by atoms with Gasteiger partial charge >= 0.3 is 0 Å². The second kappa shape index (κ2) is 8.26. The Kier molecular flexibility index (Phi) is 5.98. The molecule has 7 nitrogen and oxygen atoms in total. The van der Waals surface area contributed by atoms with Crippen molar-refractivity contribution in [3.05, 3.63) is 53.5 Å². The Morgan fingerprint density at radius 3 is 2.50 bits per heavy atom. The van der Waals surface area contributed by atoms with E-state index >= 15 is 0 Å². The van der Waals surface area contributed by atoms with E-state index in [1.54, 1.807) is 13.1 Å². The molecule has 6 N–H and O–H groups in total. The molecule has 0 radical (unpaired) electrons. The van der Waals surface area contributed by atoms with Crippen LogP contribution in [-0.2, 0) is 18.4 Å². The molecule has 0 aliphatic heterocycles. The number of aromatic nitrogens is 3. The fourth-order valence-corrected chi connectivity index (χ4v) is 3.36. The molecule has 0 saturated heterocycles. The van der Waals surface area contributed by atoms with Crippen molar-refractivity contribution >= 4 is 16.9 Å². The molecule has 0 fully saturated rings. The maximum Gasteiger partial charge on any atom is 0.142 e. The van der Waals surface area contributed by atoms with E-state index in [1.807, 2.05) is 31.2 Å². The van der Waals surface area contributed by atoms with Gasteiger partial charge in [0.25, 0.3) is 0 Å². The molecular weight excluding hydrogens is 356 g/mol. The number of hydrogen-bond donors (Lipinski definition) is 5. The van der Waals surface area contributed by atoms with Crippen LogP contribution in [0.3, 0.4) is 0 Å². The third kappa shape index (κ3) is 4.32. The normalized spacial score (nSPS) is 16.9. The van der Waals surface area contributed by atoms with Crippen molar-refractivity contribution in [3.63, 3.8) is 0 Å². The van der Waals surface area contributed by atoms with Crippen molar-refractivity contribution in [2.24, 2.45) is 0 Å². The van der Waals surface area contributed by atoms with Crippen molar-refractivity contribution in [2.45, 2.75) is 57.3 Å². The van der Waals surface area contributed by atoms with Gasteiger partial charge in [0.15, 0.2) is 0 Å². The number of nitrogens with two attached hydrogens (primary N) is 1. The SMILES string of the molecule is CCC(O)C(O)C[C@](C)(O)c1ccc2c(c1)CC2.Nc1ncnc2[nH]ccc12. The van der Waals surface area contributed by atoms with Crippen LogP contribution in [0.25, 0.3) is 11.0 Å². The van der Waals surface area contributed by atoms with Crippen LogP contribution >= 0.6 is 0 Å². The van der Waals surface area contributed by atoms with Crippen molar-refractivity contribution in [2.75, 3.05) is 5.73 Å². The summed E-state index contributed by atoms with van der Waals surface area (Å²) in [5, 5.41) is 30.8. The highest BCUT2D eigenvalue weighted by atomic mass is 16.3. The summed E-state index contributed by atoms with van der Waals surface area (Å²) in [4.78, 5) is 10.7. The minimum Gasteiger partial charge on any atom is -0.390 e. The molecule has 0 spiro atoms. The van der Waals surface area contributed by atoms with E-state index in [1.165, 1.54) is 17.5 Å². The molecular formula is C21H28N4O3. The zero-order chi connectivity index (χ0) is 20.3. The second-order valence-electron chi connectivity index (χ2n) is 7.50. The molecule has 0 amide bonds. The Bertz CT molecular complexity index is 938. The Hall–Kier alpha value is -2.48. The van der Waals surface area contributed by atoms with E-state index in [9.17, 15) is 15.3 Å². The lowest BCUT2D eigenvalue weighted by molar-refractivity contribution is -0.0505. The van der Waals surface area contributed by atoms with E-state index in [2.05, 4.69) is 15.0 Å². The largest absolute Gasteiger partial charge is 0.390 e. The molecule has 7 heteroatoms. The van der Waals surface area contributed by atoms with E-state index in [4.69, 9.17) is 5.73 Å². The standard InChI is InChI=1S/C15H22O3.C6H6N4/c1-3-13(16)14(17)9-15(2,18)12-7-6-10-4-5-11(10)8-12;7-5-4-1-2-8-6(4)10-3-9-5/h6-8,13-14,16-18H,3-5,9H2,1-2H3;1-3H,(H3,7,8,9,10)/t13?,14?,15-;/m0./s1. The highest BCUT2D eigenvalue weighted by Gasteiger charge is 2.30. The van der Waals surface area contributed by atoms with E-state index in [0.29, 0.717) is 12.2 Å². The Balaban J connectivity index is 0.000000188. The first kappa shape index (κ1) is 20.3. The summed E-state index contributed by atoms with van der Waals surface area (Å²) in [5.41, 5.74) is 8.68. The minimum atomic E-state index is -1.10. The van der Waals surface area contributed by atoms with Gasteiger partial charge < -0.3 is 26.0 Å². The quantitative estimate of drug-likeness (QED) is 0.458. The molecule has 2 aromatic heterocycles. The summed E-state index contributed by atoms with van der Waals surface area (Å²) in [7, 11) is 0. The number of rotatable bonds is 5. The fraction of sp³-hybridized carbons (Fsp3) is 0.429. The van der Waals surface area contributed by atoms with Crippen LogP contribution in [0.2, 0.25) is 0 Å². The summed E-state index contributed by atoms with van der Waals surface area (Å²) in [5.74, 6) is 0.520. The lowest BCUT2D eigenvalue weighted by atomic mass is 9.81. The highest BCUT2D eigenvalue weighted by Crippen LogP contribution is 2.32. The molecule has 4 rings (SSSR count). The lowest BCUT2D eigenvalue weighted by Crippen LogP contribution is -2.34. The Labute approximate surface area is 164 Å². The van der Waals surface area contributed by atoms with Gasteiger partial charge in [-0.1, -0.05) is 25.1 Å². The highest BCUT2D eigenvalue weighted by molar-refractivity contribution is 5.85. The first-order valence-corrected chi connectivity index (χ1v) is 9.56. The van der Waals surface area contributed by atoms with Crippen LogP contribution in [0.15, 0.2) is 36.8 Å². The molecule has 3 aromatic rings. The van der Waals surface area contributed by atoms with Gasteiger partial charge in [-0.05, 0) is 48.9 Å². The number of aliphatic hydroxyl groups is 3. The van der Waals surface area contributed by atoms with Crippen molar-refractivity contribution in [1.29, 1.82) is 0 Å². The summed E-state index contributed by atoms with van der Waals surface area (Å²) >= 11 is 0. The molecule has 1 aliphatic carbocycles. The number of nitrogens with one attached hydrogen (secondary N) is 1. The van der Waals surface area contributed by atoms with Gasteiger partial charge in [0.2, 0.25) is 0 Å². The smallest absolute Gasteiger partial charge is 0.142 e. The minimum absolute atomic E-state index is 0.154. The van der Waals surface area contributed by atoms with Crippen LogP contribution in [0.1, 0.15) is 43.4 Å². The monoisotopic (exact) mass is 384 g/mol. The van der Waals surface area contributed by atoms with E-state index < -0.39 is 17.8 Å². The number of H-pyrrole nitrogens is 1. The van der Waals surface area contributed by atoms with Crippen molar-refractivity contribution < 1.29 is 15.3 Å². The maximum atomic E-state index is 10.5. The topological polar surface area (TPSA) is 128 Å². The molecule has 0 bridgehead atoms. The number of hydrogen-bond acceptors (Lipinski definition) is 6. The summed E-state index contributed by atoms with van der Waals surface area (Å²) in [6.45, 7) is 3.51. The Morgan fingerprint density at radius 1 is 1.14 bits per heavy atom. The van der Waals surface area contributed by atoms with Crippen molar-refractivity contribution in [1.82, 2.24) is 15.0 Å². The molecule has 1 aliphatic rings. The number of aryl methyl sites for hydroxylation is 2. The summed E-state index contributed by atoms with van der Waals surface area (Å²) in [6.07, 6.45) is 4.39. The number of fused-ring (bicyclic) bond motifs is 2. The molecule has 2 heterocycles. The zero-order valence-electron chi connectivity index (χ0n) is 16.3. The summed E-state index contributed by atoms with van der Waals surface area (Å²) in [6, 6.07) is 7.84. The van der Waals surface area contributed by atoms with Crippen LogP contribution in [0.4, 0.5) is 5.82 Å². The average molecular weight is 384 g/mol. The lowest BCUT2D eigenvalue weighted by Gasteiger charge is -2.30. The number of benzene rings is 1. The van der Waals surface area contributed by atoms with Gasteiger partial charge in [-0.2, -0.15) is 0 Å². The van der Waals surface area contributed by atoms with Gasteiger partial charge in [0.05, 0.1) is 23.2 Å². The van der Waals surface area contributed by atoms with Gasteiger partial charge in [0, 0.05) is 12.6 Å². The maximum absolute atomic E-state index is 10.5. The molecule has 1 aromatic carbocycles. The van der Waals surface area contributed by atoms with E-state index in [0.717, 1.165) is 29.4 Å². The summed E-state index contributed by atoms with van der Waals surface area (Å²) < 4.78 is 0.